The quantitative estimate of drug-likeness (QED) is 0.578. The summed E-state index contributed by atoms with van der Waals surface area (Å²) < 4.78 is 39.7. The van der Waals surface area contributed by atoms with Gasteiger partial charge in [0.1, 0.15) is 0 Å². The van der Waals surface area contributed by atoms with Crippen LogP contribution in [-0.4, -0.2) is 50.5 Å². The number of rotatable bonds is 5. The number of aromatic amines is 1. The highest BCUT2D eigenvalue weighted by Gasteiger charge is 2.49. The number of hydrogen-bond donors (Lipinski definition) is 1. The molecule has 2 fully saturated rings. The molecule has 1 N–H and O–H groups in total. The second-order valence-electron chi connectivity index (χ2n) is 10.5. The van der Waals surface area contributed by atoms with Crippen molar-refractivity contribution in [2.75, 3.05) is 19.6 Å². The Morgan fingerprint density at radius 1 is 1.17 bits per heavy atom. The van der Waals surface area contributed by atoms with Crippen LogP contribution in [0.2, 0.25) is 0 Å². The van der Waals surface area contributed by atoms with E-state index in [0.717, 1.165) is 55.9 Å². The molecule has 1 atom stereocenters. The van der Waals surface area contributed by atoms with E-state index in [-0.39, 0.29) is 12.5 Å². The Morgan fingerprint density at radius 2 is 2.03 bits per heavy atom. The predicted octanol–water partition coefficient (Wildman–Crippen LogP) is 4.55. The van der Waals surface area contributed by atoms with Crippen molar-refractivity contribution in [3.8, 4) is 0 Å². The lowest BCUT2D eigenvalue weighted by Crippen LogP contribution is -2.47. The molecule has 6 nitrogen and oxygen atoms in total. The van der Waals surface area contributed by atoms with Crippen molar-refractivity contribution >= 4 is 16.8 Å². The number of benzene rings is 1. The molecular weight excluding hydrogens is 455 g/mol. The van der Waals surface area contributed by atoms with Crippen molar-refractivity contribution < 1.29 is 18.0 Å². The topological polar surface area (TPSA) is 65.1 Å². The smallest absolute Gasteiger partial charge is 0.337 e. The summed E-state index contributed by atoms with van der Waals surface area (Å²) in [6.45, 7) is 2.99. The van der Waals surface area contributed by atoms with Gasteiger partial charge in [0, 0.05) is 49.9 Å². The molecule has 35 heavy (non-hydrogen) atoms. The van der Waals surface area contributed by atoms with Crippen LogP contribution in [0.3, 0.4) is 0 Å². The van der Waals surface area contributed by atoms with E-state index < -0.39 is 17.2 Å². The summed E-state index contributed by atoms with van der Waals surface area (Å²) in [5.41, 5.74) is 2.14. The van der Waals surface area contributed by atoms with Gasteiger partial charge in [-0.25, -0.2) is 0 Å². The maximum absolute atomic E-state index is 14.0. The van der Waals surface area contributed by atoms with Crippen LogP contribution in [0.1, 0.15) is 48.1 Å². The molecule has 1 saturated carbocycles. The highest BCUT2D eigenvalue weighted by Crippen LogP contribution is 2.47. The number of H-pyrrole nitrogens is 1. The highest BCUT2D eigenvalue weighted by atomic mass is 19.4. The van der Waals surface area contributed by atoms with E-state index in [1.165, 1.54) is 11.6 Å². The molecule has 3 aromatic rings. The molecule has 1 aromatic carbocycles. The zero-order valence-corrected chi connectivity index (χ0v) is 19.4. The molecule has 9 heteroatoms. The number of hydrogen-bond acceptors (Lipinski definition) is 4. The van der Waals surface area contributed by atoms with Crippen LogP contribution in [0.5, 0.6) is 0 Å². The van der Waals surface area contributed by atoms with Crippen LogP contribution in [0, 0.1) is 11.3 Å². The molecular formula is C26H28F3N5O. The van der Waals surface area contributed by atoms with Gasteiger partial charge in [-0.3, -0.25) is 19.8 Å². The third-order valence-corrected chi connectivity index (χ3v) is 7.83. The third-order valence-electron chi connectivity index (χ3n) is 7.83. The number of aromatic nitrogens is 3. The van der Waals surface area contributed by atoms with Crippen molar-refractivity contribution in [3.05, 3.63) is 59.0 Å². The number of fused-ring (bicyclic) bond motifs is 2. The van der Waals surface area contributed by atoms with E-state index in [2.05, 4.69) is 38.3 Å². The average Bonchev–Trinajstić information content (AvgIpc) is 3.36. The fourth-order valence-corrected chi connectivity index (χ4v) is 5.83. The molecule has 1 amide bonds. The summed E-state index contributed by atoms with van der Waals surface area (Å²) in [6, 6.07) is 7.44. The van der Waals surface area contributed by atoms with Crippen molar-refractivity contribution in [2.24, 2.45) is 11.3 Å². The van der Waals surface area contributed by atoms with Crippen LogP contribution >= 0.6 is 0 Å². The van der Waals surface area contributed by atoms with Crippen molar-refractivity contribution in [1.82, 2.24) is 25.0 Å². The first kappa shape index (κ1) is 22.5. The fourth-order valence-electron chi connectivity index (χ4n) is 5.83. The standard InChI is InChI=1S/C26H28F3N5O/c27-26(28,29)21-10-20-15-34(7-5-22(20)30-13-21)24(35)25(11-17-1-2-17)6-8-33(16-25)14-18-3-4-19-12-31-32-23(19)9-18/h3-4,9-10,12-13,17H,1-2,5-8,11,14-16H2,(H,31,32). The predicted molar refractivity (Wildman–Crippen MR) is 124 cm³/mol. The molecule has 1 saturated heterocycles. The summed E-state index contributed by atoms with van der Waals surface area (Å²) in [7, 11) is 0. The third kappa shape index (κ3) is 4.42. The normalized spacial score (nSPS) is 23.1. The van der Waals surface area contributed by atoms with Gasteiger partial charge in [0.15, 0.2) is 0 Å². The highest BCUT2D eigenvalue weighted by molar-refractivity contribution is 5.84. The van der Waals surface area contributed by atoms with Gasteiger partial charge in [0.25, 0.3) is 0 Å². The lowest BCUT2D eigenvalue weighted by atomic mass is 9.79. The van der Waals surface area contributed by atoms with Gasteiger partial charge in [-0.15, -0.1) is 0 Å². The molecule has 0 radical (unpaired) electrons. The van der Waals surface area contributed by atoms with Crippen LogP contribution in [0.4, 0.5) is 13.2 Å². The van der Waals surface area contributed by atoms with E-state index in [4.69, 9.17) is 0 Å². The largest absolute Gasteiger partial charge is 0.417 e. The zero-order chi connectivity index (χ0) is 24.2. The number of alkyl halides is 3. The number of amides is 1. The molecule has 1 aliphatic carbocycles. The minimum absolute atomic E-state index is 0.0963. The van der Waals surface area contributed by atoms with Gasteiger partial charge < -0.3 is 4.90 Å². The number of pyridine rings is 1. The minimum atomic E-state index is -4.44. The van der Waals surface area contributed by atoms with Gasteiger partial charge in [-0.2, -0.15) is 18.3 Å². The lowest BCUT2D eigenvalue weighted by Gasteiger charge is -2.37. The Hall–Kier alpha value is -2.94. The molecule has 3 aliphatic rings. The van der Waals surface area contributed by atoms with Gasteiger partial charge in [0.05, 0.1) is 22.7 Å². The Bertz CT molecular complexity index is 1270. The molecule has 2 aliphatic heterocycles. The van der Waals surface area contributed by atoms with E-state index in [1.54, 1.807) is 11.1 Å². The van der Waals surface area contributed by atoms with Gasteiger partial charge in [-0.1, -0.05) is 25.0 Å². The van der Waals surface area contributed by atoms with Crippen LogP contribution < -0.4 is 0 Å². The molecule has 184 valence electrons. The lowest BCUT2D eigenvalue weighted by molar-refractivity contribution is -0.143. The molecule has 6 rings (SSSR count). The monoisotopic (exact) mass is 483 g/mol. The zero-order valence-electron chi connectivity index (χ0n) is 19.4. The van der Waals surface area contributed by atoms with Crippen molar-refractivity contribution in [3.63, 3.8) is 0 Å². The Kier molecular flexibility index (Phi) is 5.36. The first-order valence-electron chi connectivity index (χ1n) is 12.3. The maximum atomic E-state index is 14.0. The summed E-state index contributed by atoms with van der Waals surface area (Å²) in [6.07, 6.45) is 2.74. The summed E-state index contributed by atoms with van der Waals surface area (Å²) in [4.78, 5) is 22.1. The van der Waals surface area contributed by atoms with Crippen LogP contribution in [0.15, 0.2) is 36.7 Å². The number of carbonyl (C=O) groups excluding carboxylic acids is 1. The van der Waals surface area contributed by atoms with Gasteiger partial charge in [-0.05, 0) is 48.6 Å². The van der Waals surface area contributed by atoms with E-state index in [1.807, 2.05) is 0 Å². The number of halogens is 3. The number of carbonyl (C=O) groups is 1. The first-order valence-corrected chi connectivity index (χ1v) is 12.3. The molecule has 4 heterocycles. The van der Waals surface area contributed by atoms with E-state index in [9.17, 15) is 18.0 Å². The van der Waals surface area contributed by atoms with Crippen molar-refractivity contribution in [1.29, 1.82) is 0 Å². The summed E-state index contributed by atoms with van der Waals surface area (Å²) in [5, 5.41) is 8.18. The van der Waals surface area contributed by atoms with Crippen LogP contribution in [0.25, 0.3) is 10.9 Å². The minimum Gasteiger partial charge on any atom is -0.337 e. The second kappa shape index (κ2) is 8.33. The summed E-state index contributed by atoms with van der Waals surface area (Å²) >= 11 is 0. The Labute approximate surface area is 201 Å². The van der Waals surface area contributed by atoms with E-state index in [0.29, 0.717) is 36.7 Å². The van der Waals surface area contributed by atoms with Crippen molar-refractivity contribution in [2.45, 2.75) is 51.4 Å². The molecule has 0 spiro atoms. The van der Waals surface area contributed by atoms with Gasteiger partial charge in [0.2, 0.25) is 5.91 Å². The Morgan fingerprint density at radius 3 is 2.83 bits per heavy atom. The number of nitrogens with one attached hydrogen (secondary N) is 1. The SMILES string of the molecule is O=C(N1CCc2ncc(C(F)(F)F)cc2C1)C1(CC2CC2)CCN(Cc2ccc3cn[nH]c3c2)C1. The fraction of sp³-hybridized carbons (Fsp3) is 0.500. The summed E-state index contributed by atoms with van der Waals surface area (Å²) in [5.74, 6) is 0.676. The maximum Gasteiger partial charge on any atom is 0.417 e. The second-order valence-corrected chi connectivity index (χ2v) is 10.5. The molecule has 2 aromatic heterocycles. The number of likely N-dealkylation sites (tertiary alicyclic amines) is 1. The van der Waals surface area contributed by atoms with Gasteiger partial charge >= 0.3 is 6.18 Å². The Balaban J connectivity index is 1.20. The van der Waals surface area contributed by atoms with E-state index >= 15 is 0 Å². The molecule has 1 unspecified atom stereocenters. The average molecular weight is 484 g/mol. The number of nitrogens with zero attached hydrogens (tertiary/aromatic N) is 4. The first-order chi connectivity index (χ1) is 16.8. The molecule has 0 bridgehead atoms. The van der Waals surface area contributed by atoms with Crippen LogP contribution in [-0.2, 0) is 30.5 Å².